The van der Waals surface area contributed by atoms with Gasteiger partial charge in [-0.2, -0.15) is 0 Å². The van der Waals surface area contributed by atoms with Gasteiger partial charge in [0.1, 0.15) is 11.6 Å². The molecule has 1 amide bonds. The molecule has 0 saturated carbocycles. The van der Waals surface area contributed by atoms with Crippen molar-refractivity contribution in [1.29, 1.82) is 0 Å². The molecule has 200 valence electrons. The minimum absolute atomic E-state index is 0.121. The van der Waals surface area contributed by atoms with Crippen LogP contribution in [0.4, 0.5) is 10.7 Å². The van der Waals surface area contributed by atoms with Crippen LogP contribution in [-0.4, -0.2) is 19.2 Å². The summed E-state index contributed by atoms with van der Waals surface area (Å²) in [6.45, 7) is 0.274. The Bertz CT molecular complexity index is 1540. The number of aryl methyl sites for hydroxylation is 1. The van der Waals surface area contributed by atoms with E-state index in [1.165, 1.54) is 4.88 Å². The van der Waals surface area contributed by atoms with Crippen molar-refractivity contribution in [2.45, 2.75) is 32.3 Å². The van der Waals surface area contributed by atoms with Gasteiger partial charge in [0.2, 0.25) is 0 Å². The SMILES string of the molecule is COc1cc(C=Nc2sc3c(c2C(=O)Nc2ccccc2)CCCC3)cc(I)c1OCc1ccc(Cl)cc1Cl. The lowest BCUT2D eigenvalue weighted by atomic mass is 9.95. The topological polar surface area (TPSA) is 59.9 Å². The van der Waals surface area contributed by atoms with E-state index in [1.807, 2.05) is 48.5 Å². The van der Waals surface area contributed by atoms with Crippen LogP contribution in [0.15, 0.2) is 65.7 Å². The zero-order chi connectivity index (χ0) is 27.4. The van der Waals surface area contributed by atoms with E-state index < -0.39 is 0 Å². The van der Waals surface area contributed by atoms with Gasteiger partial charge in [0.05, 0.1) is 16.2 Å². The van der Waals surface area contributed by atoms with Crippen molar-refractivity contribution in [2.75, 3.05) is 12.4 Å². The van der Waals surface area contributed by atoms with Crippen molar-refractivity contribution in [3.63, 3.8) is 0 Å². The summed E-state index contributed by atoms with van der Waals surface area (Å²) >= 11 is 16.2. The fourth-order valence-corrected chi connectivity index (χ4v) is 6.94. The van der Waals surface area contributed by atoms with Crippen LogP contribution in [0.1, 0.15) is 44.8 Å². The van der Waals surface area contributed by atoms with Crippen LogP contribution >= 0.6 is 57.1 Å². The summed E-state index contributed by atoms with van der Waals surface area (Å²) in [6, 6.07) is 18.7. The minimum Gasteiger partial charge on any atom is -0.493 e. The van der Waals surface area contributed by atoms with Gasteiger partial charge in [-0.3, -0.25) is 4.79 Å². The molecule has 1 aliphatic rings. The van der Waals surface area contributed by atoms with Crippen molar-refractivity contribution in [3.8, 4) is 11.5 Å². The van der Waals surface area contributed by atoms with Gasteiger partial charge in [0.25, 0.3) is 5.91 Å². The van der Waals surface area contributed by atoms with Gasteiger partial charge < -0.3 is 14.8 Å². The number of nitrogens with one attached hydrogen (secondary N) is 1. The maximum Gasteiger partial charge on any atom is 0.259 e. The highest BCUT2D eigenvalue weighted by Crippen LogP contribution is 2.41. The molecule has 0 aliphatic heterocycles. The van der Waals surface area contributed by atoms with Gasteiger partial charge in [0, 0.05) is 32.4 Å². The lowest BCUT2D eigenvalue weighted by Crippen LogP contribution is -2.14. The maximum atomic E-state index is 13.4. The van der Waals surface area contributed by atoms with E-state index in [-0.39, 0.29) is 12.5 Å². The standard InChI is InChI=1S/C30H25Cl2IN2O3S/c1-37-25-14-18(13-24(33)28(25)38-17-19-11-12-20(31)15-23(19)32)16-34-30-27(22-9-5-6-10-26(22)39-30)29(36)35-21-7-3-2-4-8-21/h2-4,7-8,11-16H,5-6,9-10,17H2,1H3,(H,35,36). The number of carbonyl (C=O) groups is 1. The number of amides is 1. The molecule has 0 spiro atoms. The lowest BCUT2D eigenvalue weighted by molar-refractivity contribution is 0.102. The first-order chi connectivity index (χ1) is 18.9. The molecule has 39 heavy (non-hydrogen) atoms. The van der Waals surface area contributed by atoms with Crippen molar-refractivity contribution in [3.05, 3.63) is 101 Å². The highest BCUT2D eigenvalue weighted by molar-refractivity contribution is 14.1. The molecule has 1 N–H and O–H groups in total. The second kappa shape index (κ2) is 12.7. The van der Waals surface area contributed by atoms with E-state index >= 15 is 0 Å². The number of halogens is 3. The summed E-state index contributed by atoms with van der Waals surface area (Å²) in [5.41, 5.74) is 4.24. The van der Waals surface area contributed by atoms with Crippen LogP contribution in [0.25, 0.3) is 0 Å². The summed E-state index contributed by atoms with van der Waals surface area (Å²) in [6.07, 6.45) is 5.87. The molecular formula is C30H25Cl2IN2O3S. The van der Waals surface area contributed by atoms with Crippen LogP contribution in [0.5, 0.6) is 11.5 Å². The number of aliphatic imine (C=N–C) groups is 1. The normalized spacial score (nSPS) is 12.8. The van der Waals surface area contributed by atoms with Crippen molar-refractivity contribution < 1.29 is 14.3 Å². The number of nitrogens with zero attached hydrogens (tertiary/aromatic N) is 1. The molecule has 0 saturated heterocycles. The Balaban J connectivity index is 1.41. The molecule has 0 fully saturated rings. The molecule has 4 aromatic rings. The molecule has 0 bridgehead atoms. The third-order valence-corrected chi connectivity index (χ3v) is 8.97. The quantitative estimate of drug-likeness (QED) is 0.148. The van der Waals surface area contributed by atoms with Gasteiger partial charge in [-0.05, 0) is 95.8 Å². The molecule has 1 aromatic heterocycles. The molecule has 3 aromatic carbocycles. The number of thiophene rings is 1. The van der Waals surface area contributed by atoms with Crippen LogP contribution < -0.4 is 14.8 Å². The summed E-state index contributed by atoms with van der Waals surface area (Å²) in [5.74, 6) is 1.08. The lowest BCUT2D eigenvalue weighted by Gasteiger charge is -2.14. The number of anilines is 1. The fraction of sp³-hybridized carbons (Fsp3) is 0.200. The second-order valence-corrected chi connectivity index (χ2v) is 12.1. The third kappa shape index (κ3) is 6.60. The Labute approximate surface area is 255 Å². The molecule has 5 nitrogen and oxygen atoms in total. The molecule has 0 unspecified atom stereocenters. The van der Waals surface area contributed by atoms with Crippen molar-refractivity contribution >= 4 is 79.9 Å². The molecular weight excluding hydrogens is 666 g/mol. The van der Waals surface area contributed by atoms with E-state index in [4.69, 9.17) is 37.7 Å². The zero-order valence-electron chi connectivity index (χ0n) is 21.1. The Hall–Kier alpha value is -2.59. The molecule has 9 heteroatoms. The van der Waals surface area contributed by atoms with E-state index in [0.717, 1.165) is 56.6 Å². The zero-order valence-corrected chi connectivity index (χ0v) is 25.6. The molecule has 1 heterocycles. The van der Waals surface area contributed by atoms with Gasteiger partial charge in [-0.1, -0.05) is 47.5 Å². The largest absolute Gasteiger partial charge is 0.493 e. The number of ether oxygens (including phenoxy) is 2. The van der Waals surface area contributed by atoms with Gasteiger partial charge >= 0.3 is 0 Å². The first kappa shape index (κ1) is 28.0. The number of para-hydroxylation sites is 1. The van der Waals surface area contributed by atoms with E-state index in [0.29, 0.717) is 27.1 Å². The monoisotopic (exact) mass is 690 g/mol. The van der Waals surface area contributed by atoms with E-state index in [1.54, 1.807) is 36.8 Å². The van der Waals surface area contributed by atoms with Crippen LogP contribution in [0.2, 0.25) is 10.0 Å². The summed E-state index contributed by atoms with van der Waals surface area (Å²) in [7, 11) is 1.60. The average Bonchev–Trinajstić information content (AvgIpc) is 3.31. The van der Waals surface area contributed by atoms with Crippen LogP contribution in [-0.2, 0) is 19.4 Å². The van der Waals surface area contributed by atoms with Gasteiger partial charge in [0.15, 0.2) is 11.5 Å². The minimum atomic E-state index is -0.121. The number of rotatable bonds is 8. The molecule has 5 rings (SSSR count). The van der Waals surface area contributed by atoms with Crippen LogP contribution in [0.3, 0.4) is 0 Å². The number of benzene rings is 3. The Morgan fingerprint density at radius 2 is 1.90 bits per heavy atom. The van der Waals surface area contributed by atoms with Gasteiger partial charge in [-0.25, -0.2) is 4.99 Å². The van der Waals surface area contributed by atoms with E-state index in [2.05, 4.69) is 27.9 Å². The Morgan fingerprint density at radius 1 is 1.10 bits per heavy atom. The average molecular weight is 691 g/mol. The predicted molar refractivity (Wildman–Crippen MR) is 169 cm³/mol. The Morgan fingerprint density at radius 3 is 2.67 bits per heavy atom. The van der Waals surface area contributed by atoms with Crippen LogP contribution in [0, 0.1) is 3.57 Å². The highest BCUT2D eigenvalue weighted by Gasteiger charge is 2.25. The third-order valence-electron chi connectivity index (χ3n) is 6.38. The number of carbonyl (C=O) groups excluding carboxylic acids is 1. The first-order valence-corrected chi connectivity index (χ1v) is 15.1. The maximum absolute atomic E-state index is 13.4. The summed E-state index contributed by atoms with van der Waals surface area (Å²) in [5, 5.41) is 4.89. The second-order valence-electron chi connectivity index (χ2n) is 9.03. The molecule has 1 aliphatic carbocycles. The van der Waals surface area contributed by atoms with E-state index in [9.17, 15) is 4.79 Å². The smallest absolute Gasteiger partial charge is 0.259 e. The number of hydrogen-bond donors (Lipinski definition) is 1. The number of fused-ring (bicyclic) bond motifs is 1. The summed E-state index contributed by atoms with van der Waals surface area (Å²) < 4.78 is 12.6. The van der Waals surface area contributed by atoms with Gasteiger partial charge in [-0.15, -0.1) is 11.3 Å². The molecule has 0 radical (unpaired) electrons. The highest BCUT2D eigenvalue weighted by atomic mass is 127. The summed E-state index contributed by atoms with van der Waals surface area (Å²) in [4.78, 5) is 19.4. The van der Waals surface area contributed by atoms with Crippen molar-refractivity contribution in [2.24, 2.45) is 4.99 Å². The first-order valence-electron chi connectivity index (χ1n) is 12.4. The Kier molecular flexibility index (Phi) is 9.12. The number of hydrogen-bond acceptors (Lipinski definition) is 5. The molecule has 0 atom stereocenters. The number of methoxy groups -OCH3 is 1. The predicted octanol–water partition coefficient (Wildman–Crippen LogP) is 9.13. The fourth-order valence-electron chi connectivity index (χ4n) is 4.47. The van der Waals surface area contributed by atoms with Crippen molar-refractivity contribution in [1.82, 2.24) is 0 Å².